The molecule has 0 aliphatic carbocycles. The maximum atomic E-state index is 11.0. The molecule has 4 N–H and O–H groups in total. The number of aryl methyl sites for hydroxylation is 1. The van der Waals surface area contributed by atoms with Crippen molar-refractivity contribution in [3.8, 4) is 0 Å². The molecule has 7 nitrogen and oxygen atoms in total. The van der Waals surface area contributed by atoms with Gasteiger partial charge in [0.1, 0.15) is 5.82 Å². The van der Waals surface area contributed by atoms with Crippen molar-refractivity contribution in [1.29, 1.82) is 0 Å². The molecule has 0 amide bonds. The van der Waals surface area contributed by atoms with Crippen LogP contribution in [0.25, 0.3) is 21.8 Å². The number of pyridine rings is 1. The van der Waals surface area contributed by atoms with Gasteiger partial charge < -0.3 is 16.2 Å². The van der Waals surface area contributed by atoms with Crippen LogP contribution in [0.15, 0.2) is 48.5 Å². The highest BCUT2D eigenvalue weighted by Gasteiger charge is 2.16. The summed E-state index contributed by atoms with van der Waals surface area (Å²) < 4.78 is 1.74. The lowest BCUT2D eigenvalue weighted by Gasteiger charge is -2.10. The maximum Gasteiger partial charge on any atom is 0.335 e. The number of nitrogen functional groups attached to an aromatic ring is 1. The van der Waals surface area contributed by atoms with Gasteiger partial charge in [-0.05, 0) is 30.3 Å². The number of hydrogen-bond donors (Lipinski definition) is 3. The van der Waals surface area contributed by atoms with Gasteiger partial charge in [-0.3, -0.25) is 4.68 Å². The first-order valence-electron chi connectivity index (χ1n) is 7.66. The lowest BCUT2D eigenvalue weighted by Crippen LogP contribution is -1.99. The average molecular weight is 333 g/mol. The third-order valence-corrected chi connectivity index (χ3v) is 4.10. The van der Waals surface area contributed by atoms with Crippen molar-refractivity contribution < 1.29 is 9.90 Å². The summed E-state index contributed by atoms with van der Waals surface area (Å²) >= 11 is 0. The first-order chi connectivity index (χ1) is 12.0. The van der Waals surface area contributed by atoms with Crippen LogP contribution in [0.1, 0.15) is 10.4 Å². The molecular formula is C18H15N5O2. The fraction of sp³-hybridized carbons (Fsp3) is 0.0556. The molecule has 25 heavy (non-hydrogen) atoms. The number of hydrogen-bond acceptors (Lipinski definition) is 5. The largest absolute Gasteiger partial charge is 0.478 e. The fourth-order valence-electron chi connectivity index (χ4n) is 2.96. The first kappa shape index (κ1) is 14.9. The van der Waals surface area contributed by atoms with Gasteiger partial charge in [0, 0.05) is 18.1 Å². The molecule has 4 aromatic rings. The molecule has 2 aromatic heterocycles. The van der Waals surface area contributed by atoms with Crippen LogP contribution in [0.4, 0.5) is 17.3 Å². The van der Waals surface area contributed by atoms with E-state index in [2.05, 4.69) is 15.4 Å². The van der Waals surface area contributed by atoms with E-state index in [1.165, 1.54) is 12.1 Å². The molecular weight excluding hydrogens is 318 g/mol. The van der Waals surface area contributed by atoms with Crippen molar-refractivity contribution in [2.45, 2.75) is 0 Å². The second-order valence-corrected chi connectivity index (χ2v) is 5.72. The predicted molar refractivity (Wildman–Crippen MR) is 97.1 cm³/mol. The highest BCUT2D eigenvalue weighted by Crippen LogP contribution is 2.34. The van der Waals surface area contributed by atoms with E-state index < -0.39 is 5.97 Å². The van der Waals surface area contributed by atoms with Crippen LogP contribution in [0.3, 0.4) is 0 Å². The minimum atomic E-state index is -0.964. The van der Waals surface area contributed by atoms with E-state index in [0.29, 0.717) is 11.6 Å². The summed E-state index contributed by atoms with van der Waals surface area (Å²) in [6, 6.07) is 14.2. The second kappa shape index (κ2) is 5.48. The van der Waals surface area contributed by atoms with Crippen LogP contribution >= 0.6 is 0 Å². The Morgan fingerprint density at radius 1 is 1.16 bits per heavy atom. The number of nitrogens with two attached hydrogens (primary N) is 1. The molecule has 0 saturated heterocycles. The van der Waals surface area contributed by atoms with Crippen molar-refractivity contribution in [2.24, 2.45) is 7.05 Å². The van der Waals surface area contributed by atoms with Crippen LogP contribution in [-0.2, 0) is 7.05 Å². The van der Waals surface area contributed by atoms with Crippen molar-refractivity contribution in [1.82, 2.24) is 14.8 Å². The van der Waals surface area contributed by atoms with E-state index in [1.54, 1.807) is 16.8 Å². The zero-order chi connectivity index (χ0) is 17.6. The molecule has 7 heteroatoms. The highest BCUT2D eigenvalue weighted by atomic mass is 16.4. The Hall–Kier alpha value is -3.61. The number of fused-ring (bicyclic) bond motifs is 3. The molecule has 0 bridgehead atoms. The van der Waals surface area contributed by atoms with Crippen LogP contribution in [0, 0.1) is 0 Å². The summed E-state index contributed by atoms with van der Waals surface area (Å²) in [6.07, 6.45) is 0. The number of aromatic carboxylic acids is 1. The van der Waals surface area contributed by atoms with Crippen molar-refractivity contribution in [3.63, 3.8) is 0 Å². The van der Waals surface area contributed by atoms with E-state index in [9.17, 15) is 4.79 Å². The zero-order valence-corrected chi connectivity index (χ0v) is 13.4. The first-order valence-corrected chi connectivity index (χ1v) is 7.66. The molecule has 2 aromatic carbocycles. The molecule has 124 valence electrons. The number of carboxylic acid groups (broad SMARTS) is 1. The summed E-state index contributed by atoms with van der Waals surface area (Å²) in [4.78, 5) is 15.6. The number of benzene rings is 2. The van der Waals surface area contributed by atoms with Gasteiger partial charge in [-0.15, -0.1) is 0 Å². The second-order valence-electron chi connectivity index (χ2n) is 5.72. The summed E-state index contributed by atoms with van der Waals surface area (Å²) in [6.45, 7) is 0. The summed E-state index contributed by atoms with van der Waals surface area (Å²) in [5.74, 6) is 0.0112. The van der Waals surface area contributed by atoms with Gasteiger partial charge in [-0.2, -0.15) is 5.10 Å². The number of nitrogens with zero attached hydrogens (tertiary/aromatic N) is 3. The smallest absolute Gasteiger partial charge is 0.335 e. The number of nitrogens with one attached hydrogen (secondary N) is 1. The summed E-state index contributed by atoms with van der Waals surface area (Å²) in [5.41, 5.74) is 8.76. The van der Waals surface area contributed by atoms with Crippen LogP contribution in [0.2, 0.25) is 0 Å². The van der Waals surface area contributed by atoms with Gasteiger partial charge in [0.15, 0.2) is 5.82 Å². The summed E-state index contributed by atoms with van der Waals surface area (Å²) in [5, 5.41) is 18.3. The fourth-order valence-corrected chi connectivity index (χ4v) is 2.96. The minimum absolute atomic E-state index is 0.225. The third kappa shape index (κ3) is 2.42. The SMILES string of the molecule is Cn1nc(N)c2c(Nc3ccc(C(=O)O)cc3)nc3ccccc3c21. The summed E-state index contributed by atoms with van der Waals surface area (Å²) in [7, 11) is 1.84. The lowest BCUT2D eigenvalue weighted by molar-refractivity contribution is 0.0697. The highest BCUT2D eigenvalue weighted by molar-refractivity contribution is 6.12. The third-order valence-electron chi connectivity index (χ3n) is 4.10. The Balaban J connectivity index is 1.89. The normalized spacial score (nSPS) is 11.1. The molecule has 0 unspecified atom stereocenters. The van der Waals surface area contributed by atoms with Crippen LogP contribution < -0.4 is 11.1 Å². The molecule has 0 atom stereocenters. The Morgan fingerprint density at radius 3 is 2.60 bits per heavy atom. The Morgan fingerprint density at radius 2 is 1.88 bits per heavy atom. The molecule has 0 fully saturated rings. The molecule has 0 saturated carbocycles. The van der Waals surface area contributed by atoms with E-state index in [4.69, 9.17) is 10.8 Å². The number of carboxylic acids is 1. The van der Waals surface area contributed by atoms with E-state index >= 15 is 0 Å². The Labute approximate surface area is 142 Å². The molecule has 4 rings (SSSR count). The number of carbonyl (C=O) groups is 1. The molecule has 0 spiro atoms. The van der Waals surface area contributed by atoms with E-state index in [0.717, 1.165) is 27.5 Å². The average Bonchev–Trinajstić information content (AvgIpc) is 2.91. The zero-order valence-electron chi connectivity index (χ0n) is 13.4. The number of aromatic nitrogens is 3. The topological polar surface area (TPSA) is 106 Å². The number of para-hydroxylation sites is 1. The van der Waals surface area contributed by atoms with Crippen molar-refractivity contribution in [2.75, 3.05) is 11.1 Å². The van der Waals surface area contributed by atoms with Gasteiger partial charge in [-0.1, -0.05) is 18.2 Å². The Bertz CT molecular complexity index is 1120. The standard InChI is InChI=1S/C18H15N5O2/c1-23-15-12-4-2-3-5-13(12)21-17(14(15)16(19)22-23)20-11-8-6-10(7-9-11)18(24)25/h2-9H,1H3,(H2,19,22)(H,20,21)(H,24,25). The molecule has 0 aliphatic heterocycles. The molecule has 0 aliphatic rings. The number of anilines is 3. The van der Waals surface area contributed by atoms with E-state index in [1.807, 2.05) is 31.3 Å². The van der Waals surface area contributed by atoms with Gasteiger partial charge >= 0.3 is 5.97 Å². The molecule has 0 radical (unpaired) electrons. The van der Waals surface area contributed by atoms with E-state index in [-0.39, 0.29) is 5.56 Å². The van der Waals surface area contributed by atoms with Gasteiger partial charge in [-0.25, -0.2) is 9.78 Å². The van der Waals surface area contributed by atoms with Gasteiger partial charge in [0.25, 0.3) is 0 Å². The van der Waals surface area contributed by atoms with Crippen molar-refractivity contribution in [3.05, 3.63) is 54.1 Å². The monoisotopic (exact) mass is 333 g/mol. The Kier molecular flexibility index (Phi) is 3.28. The minimum Gasteiger partial charge on any atom is -0.478 e. The predicted octanol–water partition coefficient (Wildman–Crippen LogP) is 3.15. The van der Waals surface area contributed by atoms with Gasteiger partial charge in [0.05, 0.1) is 22.0 Å². The maximum absolute atomic E-state index is 11.0. The quantitative estimate of drug-likeness (QED) is 0.532. The number of rotatable bonds is 3. The lowest BCUT2D eigenvalue weighted by atomic mass is 10.1. The van der Waals surface area contributed by atoms with Crippen molar-refractivity contribution >= 4 is 45.1 Å². The molecule has 2 heterocycles. The van der Waals surface area contributed by atoms with Crippen LogP contribution in [0.5, 0.6) is 0 Å². The van der Waals surface area contributed by atoms with Gasteiger partial charge in [0.2, 0.25) is 0 Å². The van der Waals surface area contributed by atoms with Crippen LogP contribution in [-0.4, -0.2) is 25.8 Å².